The number of nitrogens with one attached hydrogen (secondary N) is 2. The second-order valence-electron chi connectivity index (χ2n) is 5.47. The highest BCUT2D eigenvalue weighted by molar-refractivity contribution is 7.94. The zero-order valence-corrected chi connectivity index (χ0v) is 15.2. The number of ether oxygens (including phenoxy) is 2. The molecular weight excluding hydrogens is 376 g/mol. The molecule has 0 amide bonds. The molecule has 0 saturated carbocycles. The van der Waals surface area contributed by atoms with E-state index in [1.165, 1.54) is 11.3 Å². The first kappa shape index (κ1) is 16.6. The number of aryl methyl sites for hydroxylation is 1. The molecule has 3 heterocycles. The van der Waals surface area contributed by atoms with E-state index in [0.717, 1.165) is 10.6 Å². The molecule has 0 saturated heterocycles. The van der Waals surface area contributed by atoms with Gasteiger partial charge in [-0.25, -0.2) is 8.42 Å². The van der Waals surface area contributed by atoms with Gasteiger partial charge in [-0.3, -0.25) is 4.72 Å². The zero-order chi connectivity index (χ0) is 18.1. The molecule has 1 aliphatic rings. The summed E-state index contributed by atoms with van der Waals surface area (Å²) in [5.74, 6) is 1.96. The Morgan fingerprint density at radius 1 is 1.00 bits per heavy atom. The van der Waals surface area contributed by atoms with Gasteiger partial charge in [0.25, 0.3) is 10.0 Å². The minimum Gasteiger partial charge on any atom is -0.454 e. The Labute approximate surface area is 153 Å². The number of rotatable bonds is 5. The maximum absolute atomic E-state index is 12.3. The van der Waals surface area contributed by atoms with Gasteiger partial charge in [-0.05, 0) is 43.3 Å². The van der Waals surface area contributed by atoms with Crippen LogP contribution in [0.25, 0.3) is 0 Å². The topological polar surface area (TPSA) is 102 Å². The highest BCUT2D eigenvalue weighted by Crippen LogP contribution is 2.34. The minimum atomic E-state index is -3.66. The summed E-state index contributed by atoms with van der Waals surface area (Å²) in [6.07, 6.45) is 0. The minimum absolute atomic E-state index is 0.146. The van der Waals surface area contributed by atoms with Crippen LogP contribution in [0.1, 0.15) is 4.88 Å². The van der Waals surface area contributed by atoms with Crippen LogP contribution < -0.4 is 19.5 Å². The third kappa shape index (κ3) is 3.41. The number of benzene rings is 1. The number of sulfonamides is 1. The highest BCUT2D eigenvalue weighted by Gasteiger charge is 2.17. The third-order valence-corrected chi connectivity index (χ3v) is 6.38. The standard InChI is InChI=1S/C16H14N4O4S2/c1-10-2-7-16(25-10)26(21,22)20-15-6-5-14(18-19-15)17-11-3-4-12-13(8-11)24-9-23-12/h2-8H,9H2,1H3,(H,17,18)(H,19,20). The van der Waals surface area contributed by atoms with Crippen molar-refractivity contribution in [2.45, 2.75) is 11.1 Å². The molecule has 134 valence electrons. The van der Waals surface area contributed by atoms with Crippen LogP contribution in [0, 0.1) is 6.92 Å². The van der Waals surface area contributed by atoms with Crippen LogP contribution >= 0.6 is 11.3 Å². The summed E-state index contributed by atoms with van der Waals surface area (Å²) in [5, 5.41) is 11.0. The molecule has 8 nitrogen and oxygen atoms in total. The molecule has 10 heteroatoms. The molecule has 0 atom stereocenters. The number of thiophene rings is 1. The Balaban J connectivity index is 1.47. The molecular formula is C16H14N4O4S2. The number of fused-ring (bicyclic) bond motifs is 1. The lowest BCUT2D eigenvalue weighted by molar-refractivity contribution is 0.174. The van der Waals surface area contributed by atoms with Crippen LogP contribution in [0.3, 0.4) is 0 Å². The van der Waals surface area contributed by atoms with E-state index >= 15 is 0 Å². The van der Waals surface area contributed by atoms with Crippen molar-refractivity contribution in [2.24, 2.45) is 0 Å². The van der Waals surface area contributed by atoms with Crippen LogP contribution in [-0.2, 0) is 10.0 Å². The normalized spacial score (nSPS) is 12.8. The van der Waals surface area contributed by atoms with Gasteiger partial charge in [0.1, 0.15) is 4.21 Å². The Hall–Kier alpha value is -2.85. The van der Waals surface area contributed by atoms with Gasteiger partial charge in [-0.15, -0.1) is 21.5 Å². The summed E-state index contributed by atoms with van der Waals surface area (Å²) in [4.78, 5) is 0.916. The van der Waals surface area contributed by atoms with Crippen molar-refractivity contribution in [3.05, 3.63) is 47.3 Å². The van der Waals surface area contributed by atoms with Gasteiger partial charge in [-0.1, -0.05) is 0 Å². The van der Waals surface area contributed by atoms with Crippen LogP contribution in [-0.4, -0.2) is 25.4 Å². The monoisotopic (exact) mass is 390 g/mol. The Bertz CT molecular complexity index is 1050. The number of nitrogens with zero attached hydrogens (tertiary/aromatic N) is 2. The van der Waals surface area contributed by atoms with Crippen molar-refractivity contribution in [2.75, 3.05) is 16.8 Å². The van der Waals surface area contributed by atoms with E-state index in [1.807, 2.05) is 13.0 Å². The predicted octanol–water partition coefficient (Wildman–Crippen LogP) is 3.12. The quantitative estimate of drug-likeness (QED) is 0.690. The van der Waals surface area contributed by atoms with Gasteiger partial charge < -0.3 is 14.8 Å². The van der Waals surface area contributed by atoms with E-state index in [2.05, 4.69) is 20.2 Å². The summed E-state index contributed by atoms with van der Waals surface area (Å²) in [6.45, 7) is 2.05. The fourth-order valence-corrected chi connectivity index (χ4v) is 4.60. The van der Waals surface area contributed by atoms with E-state index < -0.39 is 10.0 Å². The largest absolute Gasteiger partial charge is 0.454 e. The average Bonchev–Trinajstić information content (AvgIpc) is 3.25. The molecule has 0 bridgehead atoms. The number of hydrogen-bond donors (Lipinski definition) is 2. The molecule has 3 aromatic rings. The molecule has 0 unspecified atom stereocenters. The Kier molecular flexibility index (Phi) is 4.13. The van der Waals surface area contributed by atoms with E-state index in [9.17, 15) is 8.42 Å². The second-order valence-corrected chi connectivity index (χ2v) is 8.66. The van der Waals surface area contributed by atoms with Gasteiger partial charge in [0.05, 0.1) is 0 Å². The average molecular weight is 390 g/mol. The van der Waals surface area contributed by atoms with Gasteiger partial charge in [0.15, 0.2) is 23.1 Å². The first-order chi connectivity index (χ1) is 12.5. The Morgan fingerprint density at radius 2 is 1.77 bits per heavy atom. The Morgan fingerprint density at radius 3 is 2.50 bits per heavy atom. The van der Waals surface area contributed by atoms with E-state index in [4.69, 9.17) is 9.47 Å². The SMILES string of the molecule is Cc1ccc(S(=O)(=O)Nc2ccc(Nc3ccc4c(c3)OCO4)nn2)s1. The second kappa shape index (κ2) is 6.46. The highest BCUT2D eigenvalue weighted by atomic mass is 32.2. The smallest absolute Gasteiger partial charge is 0.272 e. The van der Waals surface area contributed by atoms with Crippen molar-refractivity contribution < 1.29 is 17.9 Å². The molecule has 0 radical (unpaired) electrons. The van der Waals surface area contributed by atoms with Crippen LogP contribution in [0.15, 0.2) is 46.7 Å². The van der Waals surface area contributed by atoms with Crippen molar-refractivity contribution in [1.82, 2.24) is 10.2 Å². The summed E-state index contributed by atoms with van der Waals surface area (Å²) >= 11 is 1.20. The number of anilines is 3. The summed E-state index contributed by atoms with van der Waals surface area (Å²) < 4.78 is 37.8. The number of aromatic nitrogens is 2. The maximum atomic E-state index is 12.3. The van der Waals surface area contributed by atoms with E-state index in [0.29, 0.717) is 17.3 Å². The van der Waals surface area contributed by atoms with Gasteiger partial charge in [-0.2, -0.15) is 0 Å². The summed E-state index contributed by atoms with van der Waals surface area (Å²) in [6, 6.07) is 11.9. The zero-order valence-electron chi connectivity index (χ0n) is 13.6. The maximum Gasteiger partial charge on any atom is 0.272 e. The molecule has 1 aromatic carbocycles. The molecule has 26 heavy (non-hydrogen) atoms. The van der Waals surface area contributed by atoms with Crippen LogP contribution in [0.2, 0.25) is 0 Å². The summed E-state index contributed by atoms with van der Waals surface area (Å²) in [5.41, 5.74) is 0.756. The van der Waals surface area contributed by atoms with Crippen molar-refractivity contribution in [3.8, 4) is 11.5 Å². The van der Waals surface area contributed by atoms with Crippen LogP contribution in [0.4, 0.5) is 17.3 Å². The van der Waals surface area contributed by atoms with Crippen molar-refractivity contribution in [1.29, 1.82) is 0 Å². The van der Waals surface area contributed by atoms with Crippen LogP contribution in [0.5, 0.6) is 11.5 Å². The summed E-state index contributed by atoms with van der Waals surface area (Å²) in [7, 11) is -3.66. The fraction of sp³-hybridized carbons (Fsp3) is 0.125. The molecule has 4 rings (SSSR count). The molecule has 1 aliphatic heterocycles. The van der Waals surface area contributed by atoms with Crippen molar-refractivity contribution >= 4 is 38.7 Å². The molecule has 0 fully saturated rings. The molecule has 2 N–H and O–H groups in total. The van der Waals surface area contributed by atoms with E-state index in [1.54, 1.807) is 36.4 Å². The van der Waals surface area contributed by atoms with Gasteiger partial charge in [0, 0.05) is 16.6 Å². The fourth-order valence-electron chi connectivity index (χ4n) is 2.32. The number of hydrogen-bond acceptors (Lipinski definition) is 8. The molecule has 0 aliphatic carbocycles. The first-order valence-electron chi connectivity index (χ1n) is 7.59. The van der Waals surface area contributed by atoms with Gasteiger partial charge in [0.2, 0.25) is 6.79 Å². The van der Waals surface area contributed by atoms with Gasteiger partial charge >= 0.3 is 0 Å². The van der Waals surface area contributed by atoms with Crippen molar-refractivity contribution in [3.63, 3.8) is 0 Å². The lowest BCUT2D eigenvalue weighted by atomic mass is 10.3. The molecule has 0 spiro atoms. The predicted molar refractivity (Wildman–Crippen MR) is 97.7 cm³/mol. The lowest BCUT2D eigenvalue weighted by Gasteiger charge is -2.08. The first-order valence-corrected chi connectivity index (χ1v) is 9.89. The lowest BCUT2D eigenvalue weighted by Crippen LogP contribution is -2.13. The van der Waals surface area contributed by atoms with E-state index in [-0.39, 0.29) is 16.8 Å². The third-order valence-electron chi connectivity index (χ3n) is 3.53. The molecule has 2 aromatic heterocycles.